The molecule has 1 aromatic carbocycles. The predicted octanol–water partition coefficient (Wildman–Crippen LogP) is 2.30. The number of aliphatic hydroxyl groups excluding tert-OH is 1. The molecule has 112 valence electrons. The minimum absolute atomic E-state index is 0.0883. The number of aromatic hydroxyl groups is 1. The van der Waals surface area contributed by atoms with E-state index in [0.717, 1.165) is 0 Å². The van der Waals surface area contributed by atoms with Gasteiger partial charge in [-0.2, -0.15) is 0 Å². The number of hydrogen-bond acceptors (Lipinski definition) is 5. The number of hydrogen-bond donors (Lipinski definition) is 2. The van der Waals surface area contributed by atoms with E-state index in [1.54, 1.807) is 13.8 Å². The molecule has 5 heteroatoms. The van der Waals surface area contributed by atoms with Crippen LogP contribution >= 0.6 is 0 Å². The van der Waals surface area contributed by atoms with Crippen molar-refractivity contribution >= 4 is 11.0 Å². The van der Waals surface area contributed by atoms with Crippen LogP contribution < -0.4 is 10.2 Å². The molecule has 0 aliphatic carbocycles. The Bertz CT molecular complexity index is 757. The number of fused-ring (bicyclic) bond motifs is 1. The van der Waals surface area contributed by atoms with Gasteiger partial charge in [-0.25, -0.2) is 0 Å². The zero-order chi connectivity index (χ0) is 15.7. The average Bonchev–Trinajstić information content (AvgIpc) is 2.40. The zero-order valence-corrected chi connectivity index (χ0v) is 12.3. The molecule has 21 heavy (non-hydrogen) atoms. The Hall–Kier alpha value is -2.27. The molecule has 2 N–H and O–H groups in total. The van der Waals surface area contributed by atoms with Gasteiger partial charge in [0.15, 0.2) is 5.43 Å². The summed E-state index contributed by atoms with van der Waals surface area (Å²) >= 11 is 0. The van der Waals surface area contributed by atoms with Crippen LogP contribution in [0.25, 0.3) is 11.0 Å². The summed E-state index contributed by atoms with van der Waals surface area (Å²) in [5.74, 6) is 0.574. The fourth-order valence-corrected chi connectivity index (χ4v) is 2.20. The number of rotatable bonds is 4. The standard InChI is InChI=1S/C16H18O5/c1-8(2)11(17)6-10-14(20-4)7-13(19)15-12(18)5-9(3)21-16(10)15/h5,7,11,17,19H,1,6H2,2-4H3/t11-/m0/s1. The van der Waals surface area contributed by atoms with E-state index in [2.05, 4.69) is 6.58 Å². The van der Waals surface area contributed by atoms with Gasteiger partial charge >= 0.3 is 0 Å². The molecule has 1 aromatic heterocycles. The molecule has 1 atom stereocenters. The number of methoxy groups -OCH3 is 1. The van der Waals surface area contributed by atoms with E-state index in [9.17, 15) is 15.0 Å². The van der Waals surface area contributed by atoms with Gasteiger partial charge in [0, 0.05) is 24.1 Å². The zero-order valence-electron chi connectivity index (χ0n) is 12.3. The van der Waals surface area contributed by atoms with E-state index in [4.69, 9.17) is 9.15 Å². The first-order chi connectivity index (χ1) is 9.85. The van der Waals surface area contributed by atoms with Crippen LogP contribution in [0.2, 0.25) is 0 Å². The Morgan fingerprint density at radius 2 is 2.14 bits per heavy atom. The molecule has 0 radical (unpaired) electrons. The lowest BCUT2D eigenvalue weighted by molar-refractivity contribution is 0.210. The molecule has 0 spiro atoms. The fourth-order valence-electron chi connectivity index (χ4n) is 2.20. The van der Waals surface area contributed by atoms with Gasteiger partial charge in [-0.05, 0) is 13.8 Å². The Kier molecular flexibility index (Phi) is 4.04. The largest absolute Gasteiger partial charge is 0.507 e. The number of phenolic OH excluding ortho intramolecular Hbond substituents is 1. The van der Waals surface area contributed by atoms with Gasteiger partial charge in [-0.1, -0.05) is 12.2 Å². The second kappa shape index (κ2) is 5.61. The maximum atomic E-state index is 12.1. The molecular weight excluding hydrogens is 272 g/mol. The number of ether oxygens (including phenoxy) is 1. The van der Waals surface area contributed by atoms with Crippen molar-refractivity contribution in [3.63, 3.8) is 0 Å². The highest BCUT2D eigenvalue weighted by molar-refractivity contribution is 5.88. The van der Waals surface area contributed by atoms with Crippen LogP contribution in [0.15, 0.2) is 33.5 Å². The van der Waals surface area contributed by atoms with E-state index in [0.29, 0.717) is 22.6 Å². The number of aliphatic hydroxyl groups is 1. The molecule has 0 aliphatic rings. The molecule has 0 saturated carbocycles. The van der Waals surface area contributed by atoms with Crippen LogP contribution in [-0.2, 0) is 6.42 Å². The van der Waals surface area contributed by atoms with E-state index in [1.165, 1.54) is 19.2 Å². The highest BCUT2D eigenvalue weighted by Crippen LogP contribution is 2.35. The maximum Gasteiger partial charge on any atom is 0.196 e. The summed E-state index contributed by atoms with van der Waals surface area (Å²) in [7, 11) is 1.45. The molecule has 2 aromatic rings. The first-order valence-electron chi connectivity index (χ1n) is 6.52. The first kappa shape index (κ1) is 15.1. The smallest absolute Gasteiger partial charge is 0.196 e. The monoisotopic (exact) mass is 290 g/mol. The summed E-state index contributed by atoms with van der Waals surface area (Å²) < 4.78 is 10.8. The number of aryl methyl sites for hydroxylation is 1. The van der Waals surface area contributed by atoms with E-state index < -0.39 is 6.10 Å². The Morgan fingerprint density at radius 3 is 2.71 bits per heavy atom. The first-order valence-corrected chi connectivity index (χ1v) is 6.52. The Morgan fingerprint density at radius 1 is 1.48 bits per heavy atom. The molecule has 0 saturated heterocycles. The fraction of sp³-hybridized carbons (Fsp3) is 0.312. The summed E-state index contributed by atoms with van der Waals surface area (Å²) in [6.45, 7) is 7.07. The normalized spacial score (nSPS) is 12.4. The lowest BCUT2D eigenvalue weighted by Crippen LogP contribution is -2.13. The van der Waals surface area contributed by atoms with Gasteiger partial charge in [-0.15, -0.1) is 0 Å². The van der Waals surface area contributed by atoms with Crippen LogP contribution in [-0.4, -0.2) is 23.4 Å². The van der Waals surface area contributed by atoms with E-state index >= 15 is 0 Å². The van der Waals surface area contributed by atoms with Gasteiger partial charge in [0.05, 0.1) is 13.2 Å². The SMILES string of the molecule is C=C(C)[C@@H](O)Cc1c(OC)cc(O)c2c(=O)cc(C)oc12. The molecule has 0 bridgehead atoms. The van der Waals surface area contributed by atoms with Crippen LogP contribution in [0.1, 0.15) is 18.2 Å². The summed E-state index contributed by atoms with van der Waals surface area (Å²) in [6.07, 6.45) is -0.612. The third kappa shape index (κ3) is 2.78. The summed E-state index contributed by atoms with van der Waals surface area (Å²) in [5.41, 5.74) is 1.02. The van der Waals surface area contributed by atoms with Crippen molar-refractivity contribution in [1.29, 1.82) is 0 Å². The lowest BCUT2D eigenvalue weighted by atomic mass is 9.99. The molecule has 0 aliphatic heterocycles. The maximum absolute atomic E-state index is 12.1. The topological polar surface area (TPSA) is 79.9 Å². The van der Waals surface area contributed by atoms with Gasteiger partial charge in [0.2, 0.25) is 0 Å². The van der Waals surface area contributed by atoms with Crippen molar-refractivity contribution < 1.29 is 19.4 Å². The molecular formula is C16H18O5. The number of phenols is 1. The Balaban J connectivity index is 2.80. The summed E-state index contributed by atoms with van der Waals surface area (Å²) in [4.78, 5) is 12.1. The predicted molar refractivity (Wildman–Crippen MR) is 80.0 cm³/mol. The molecule has 1 heterocycles. The van der Waals surface area contributed by atoms with Crippen LogP contribution in [0, 0.1) is 6.92 Å². The highest BCUT2D eigenvalue weighted by atomic mass is 16.5. The van der Waals surface area contributed by atoms with Crippen molar-refractivity contribution in [3.05, 3.63) is 45.8 Å². The number of benzene rings is 1. The van der Waals surface area contributed by atoms with Crippen molar-refractivity contribution in [1.82, 2.24) is 0 Å². The van der Waals surface area contributed by atoms with Crippen LogP contribution in [0.4, 0.5) is 0 Å². The van der Waals surface area contributed by atoms with Crippen molar-refractivity contribution in [3.8, 4) is 11.5 Å². The highest BCUT2D eigenvalue weighted by Gasteiger charge is 2.20. The van der Waals surface area contributed by atoms with Crippen molar-refractivity contribution in [2.24, 2.45) is 0 Å². The minimum atomic E-state index is -0.794. The summed E-state index contributed by atoms with van der Waals surface area (Å²) in [5, 5.41) is 20.1. The van der Waals surface area contributed by atoms with Crippen LogP contribution in [0.5, 0.6) is 11.5 Å². The molecule has 2 rings (SSSR count). The van der Waals surface area contributed by atoms with Crippen molar-refractivity contribution in [2.45, 2.75) is 26.4 Å². The molecule has 0 fully saturated rings. The lowest BCUT2D eigenvalue weighted by Gasteiger charge is -2.16. The van der Waals surface area contributed by atoms with Gasteiger partial charge in [-0.3, -0.25) is 4.79 Å². The third-order valence-electron chi connectivity index (χ3n) is 3.35. The van der Waals surface area contributed by atoms with E-state index in [-0.39, 0.29) is 28.6 Å². The Labute approximate surface area is 122 Å². The van der Waals surface area contributed by atoms with E-state index in [1.807, 2.05) is 0 Å². The van der Waals surface area contributed by atoms with Gasteiger partial charge in [0.25, 0.3) is 0 Å². The third-order valence-corrected chi connectivity index (χ3v) is 3.35. The second-order valence-corrected chi connectivity index (χ2v) is 5.07. The van der Waals surface area contributed by atoms with Gasteiger partial charge in [0.1, 0.15) is 28.2 Å². The van der Waals surface area contributed by atoms with Gasteiger partial charge < -0.3 is 19.4 Å². The minimum Gasteiger partial charge on any atom is -0.507 e. The molecule has 5 nitrogen and oxygen atoms in total. The second-order valence-electron chi connectivity index (χ2n) is 5.07. The van der Waals surface area contributed by atoms with Crippen molar-refractivity contribution in [2.75, 3.05) is 7.11 Å². The molecule has 0 amide bonds. The molecule has 0 unspecified atom stereocenters. The van der Waals surface area contributed by atoms with Crippen LogP contribution in [0.3, 0.4) is 0 Å². The average molecular weight is 290 g/mol. The quantitative estimate of drug-likeness (QED) is 0.845. The summed E-state index contributed by atoms with van der Waals surface area (Å²) in [6, 6.07) is 2.67.